The summed E-state index contributed by atoms with van der Waals surface area (Å²) >= 11 is 1.84. The summed E-state index contributed by atoms with van der Waals surface area (Å²) in [7, 11) is 0. The minimum atomic E-state index is 0.970. The van der Waals surface area contributed by atoms with E-state index in [4.69, 9.17) is 0 Å². The minimum absolute atomic E-state index is 0.970. The second kappa shape index (κ2) is 7.38. The molecule has 0 bridgehead atoms. The van der Waals surface area contributed by atoms with Crippen LogP contribution in [0.2, 0.25) is 0 Å². The van der Waals surface area contributed by atoms with E-state index >= 15 is 0 Å². The van der Waals surface area contributed by atoms with Crippen molar-refractivity contribution in [2.75, 3.05) is 11.4 Å². The van der Waals surface area contributed by atoms with Gasteiger partial charge in [-0.05, 0) is 50.3 Å². The molecule has 1 aliphatic heterocycles. The fraction of sp³-hybridized carbons (Fsp3) is 0.174. The van der Waals surface area contributed by atoms with Crippen molar-refractivity contribution in [3.05, 3.63) is 83.5 Å². The standard InChI is InChI=1S/C23H23N2S/c1-3-24-17-18(16-19-11-5-6-12-20(19)24)10-9-15-23-25(4-2)21-13-7-8-14-22(21)26-23/h5-17H,3-4H2,1-2H3/q+1/b10-9-,23-15+. The lowest BCUT2D eigenvalue weighted by molar-refractivity contribution is -0.667. The number of para-hydroxylation sites is 2. The molecule has 0 saturated carbocycles. The van der Waals surface area contributed by atoms with Gasteiger partial charge in [-0.3, -0.25) is 0 Å². The van der Waals surface area contributed by atoms with Crippen molar-refractivity contribution in [3.63, 3.8) is 0 Å². The molecule has 3 heteroatoms. The van der Waals surface area contributed by atoms with Gasteiger partial charge in [0.2, 0.25) is 5.52 Å². The molecule has 1 aliphatic rings. The molecule has 0 amide bonds. The largest absolute Gasteiger partial charge is 0.335 e. The Kier molecular flexibility index (Phi) is 4.81. The van der Waals surface area contributed by atoms with Crippen LogP contribution in [0.1, 0.15) is 19.4 Å². The Morgan fingerprint density at radius 3 is 2.69 bits per heavy atom. The van der Waals surface area contributed by atoms with E-state index in [0.717, 1.165) is 13.1 Å². The summed E-state index contributed by atoms with van der Waals surface area (Å²) in [5.74, 6) is 0. The van der Waals surface area contributed by atoms with Crippen LogP contribution in [-0.4, -0.2) is 6.54 Å². The van der Waals surface area contributed by atoms with Gasteiger partial charge < -0.3 is 4.90 Å². The van der Waals surface area contributed by atoms with Gasteiger partial charge in [0.25, 0.3) is 0 Å². The normalized spacial score (nSPS) is 15.3. The van der Waals surface area contributed by atoms with Crippen molar-refractivity contribution in [1.29, 1.82) is 0 Å². The molecule has 2 heterocycles. The zero-order valence-corrected chi connectivity index (χ0v) is 16.0. The quantitative estimate of drug-likeness (QED) is 0.557. The Bertz CT molecular complexity index is 1000. The molecule has 2 nitrogen and oxygen atoms in total. The summed E-state index contributed by atoms with van der Waals surface area (Å²) in [6, 6.07) is 19.4. The molecule has 0 aliphatic carbocycles. The maximum atomic E-state index is 2.37. The third-order valence-corrected chi connectivity index (χ3v) is 5.83. The maximum Gasteiger partial charge on any atom is 0.212 e. The van der Waals surface area contributed by atoms with Gasteiger partial charge in [-0.1, -0.05) is 42.1 Å². The van der Waals surface area contributed by atoms with Crippen molar-refractivity contribution in [3.8, 4) is 0 Å². The highest BCUT2D eigenvalue weighted by Gasteiger charge is 2.22. The summed E-state index contributed by atoms with van der Waals surface area (Å²) in [4.78, 5) is 3.71. The molecule has 2 aromatic carbocycles. The number of fused-ring (bicyclic) bond motifs is 2. The van der Waals surface area contributed by atoms with Gasteiger partial charge in [0.1, 0.15) is 6.54 Å². The first-order valence-corrected chi connectivity index (χ1v) is 9.97. The third-order valence-electron chi connectivity index (χ3n) is 4.69. The van der Waals surface area contributed by atoms with Crippen molar-refractivity contribution >= 4 is 34.4 Å². The minimum Gasteiger partial charge on any atom is -0.335 e. The van der Waals surface area contributed by atoms with Gasteiger partial charge in [-0.2, -0.15) is 4.57 Å². The van der Waals surface area contributed by atoms with Gasteiger partial charge in [0.15, 0.2) is 6.20 Å². The predicted molar refractivity (Wildman–Crippen MR) is 112 cm³/mol. The second-order valence-corrected chi connectivity index (χ2v) is 7.36. The van der Waals surface area contributed by atoms with E-state index in [1.807, 2.05) is 11.8 Å². The monoisotopic (exact) mass is 359 g/mol. The van der Waals surface area contributed by atoms with Crippen molar-refractivity contribution < 1.29 is 4.57 Å². The molecule has 0 spiro atoms. The lowest BCUT2D eigenvalue weighted by Crippen LogP contribution is -2.33. The lowest BCUT2D eigenvalue weighted by atomic mass is 10.1. The number of hydrogen-bond acceptors (Lipinski definition) is 2. The van der Waals surface area contributed by atoms with Gasteiger partial charge in [-0.15, -0.1) is 0 Å². The highest BCUT2D eigenvalue weighted by atomic mass is 32.2. The molecule has 0 unspecified atom stereocenters. The average Bonchev–Trinajstić information content (AvgIpc) is 3.04. The zero-order chi connectivity index (χ0) is 17.9. The molecule has 26 heavy (non-hydrogen) atoms. The molecule has 0 saturated heterocycles. The van der Waals surface area contributed by atoms with E-state index in [0.29, 0.717) is 0 Å². The number of aryl methyl sites for hydroxylation is 1. The number of aromatic nitrogens is 1. The Balaban J connectivity index is 1.63. The van der Waals surface area contributed by atoms with Gasteiger partial charge >= 0.3 is 0 Å². The fourth-order valence-electron chi connectivity index (χ4n) is 3.43. The number of benzene rings is 2. The Hall–Kier alpha value is -2.52. The van der Waals surface area contributed by atoms with E-state index in [9.17, 15) is 0 Å². The van der Waals surface area contributed by atoms with Crippen LogP contribution < -0.4 is 9.47 Å². The van der Waals surface area contributed by atoms with Crippen LogP contribution in [0.5, 0.6) is 0 Å². The summed E-state index contributed by atoms with van der Waals surface area (Å²) in [6.45, 7) is 6.34. The molecule has 0 fully saturated rings. The number of thioether (sulfide) groups is 1. The van der Waals surface area contributed by atoms with Crippen LogP contribution in [0.25, 0.3) is 17.0 Å². The predicted octanol–water partition coefficient (Wildman–Crippen LogP) is 5.63. The van der Waals surface area contributed by atoms with Crippen LogP contribution >= 0.6 is 11.8 Å². The highest BCUT2D eigenvalue weighted by Crippen LogP contribution is 2.45. The summed E-state index contributed by atoms with van der Waals surface area (Å²) in [6.07, 6.45) is 8.81. The van der Waals surface area contributed by atoms with E-state index in [1.54, 1.807) is 0 Å². The van der Waals surface area contributed by atoms with E-state index in [-0.39, 0.29) is 0 Å². The SMILES string of the molecule is CCN1/C(=C\C=C/c2cc3ccccc3[n+](CC)c2)Sc2ccccc21. The number of allylic oxidation sites excluding steroid dienone is 2. The Morgan fingerprint density at radius 1 is 1.04 bits per heavy atom. The van der Waals surface area contributed by atoms with Crippen LogP contribution in [0, 0.1) is 0 Å². The molecular weight excluding hydrogens is 336 g/mol. The molecule has 3 aromatic rings. The van der Waals surface area contributed by atoms with E-state index < -0.39 is 0 Å². The number of hydrogen-bond donors (Lipinski definition) is 0. The highest BCUT2D eigenvalue weighted by molar-refractivity contribution is 8.03. The van der Waals surface area contributed by atoms with Crippen molar-refractivity contribution in [1.82, 2.24) is 0 Å². The molecule has 0 atom stereocenters. The number of anilines is 1. The van der Waals surface area contributed by atoms with E-state index in [2.05, 4.69) is 102 Å². The Labute approximate surface area is 159 Å². The number of rotatable bonds is 4. The number of nitrogens with zero attached hydrogens (tertiary/aromatic N) is 2. The molecule has 0 N–H and O–H groups in total. The molecule has 130 valence electrons. The smallest absolute Gasteiger partial charge is 0.212 e. The first-order valence-electron chi connectivity index (χ1n) is 9.15. The van der Waals surface area contributed by atoms with Crippen LogP contribution in [0.4, 0.5) is 5.69 Å². The lowest BCUT2D eigenvalue weighted by Gasteiger charge is -2.17. The van der Waals surface area contributed by atoms with Crippen LogP contribution in [0.3, 0.4) is 0 Å². The molecular formula is C23H23N2S+. The molecule has 4 rings (SSSR count). The van der Waals surface area contributed by atoms with Gasteiger partial charge in [0, 0.05) is 28.5 Å². The number of pyridine rings is 1. The third kappa shape index (κ3) is 3.15. The summed E-state index contributed by atoms with van der Waals surface area (Å²) < 4.78 is 2.31. The van der Waals surface area contributed by atoms with Gasteiger partial charge in [-0.25, -0.2) is 0 Å². The first-order chi connectivity index (χ1) is 12.8. The van der Waals surface area contributed by atoms with Crippen LogP contribution in [0.15, 0.2) is 82.9 Å². The summed E-state index contributed by atoms with van der Waals surface area (Å²) in [5, 5.41) is 2.57. The topological polar surface area (TPSA) is 7.12 Å². The first kappa shape index (κ1) is 16.9. The van der Waals surface area contributed by atoms with E-state index in [1.165, 1.54) is 32.1 Å². The molecule has 1 aromatic heterocycles. The fourth-order valence-corrected chi connectivity index (χ4v) is 4.57. The van der Waals surface area contributed by atoms with Gasteiger partial charge in [0.05, 0.1) is 10.7 Å². The summed E-state index contributed by atoms with van der Waals surface area (Å²) in [5.41, 5.74) is 3.82. The second-order valence-electron chi connectivity index (χ2n) is 6.30. The van der Waals surface area contributed by atoms with Crippen molar-refractivity contribution in [2.24, 2.45) is 0 Å². The zero-order valence-electron chi connectivity index (χ0n) is 15.2. The average molecular weight is 360 g/mol. The van der Waals surface area contributed by atoms with Crippen LogP contribution in [-0.2, 0) is 6.54 Å². The maximum absolute atomic E-state index is 2.37. The van der Waals surface area contributed by atoms with Crippen molar-refractivity contribution in [2.45, 2.75) is 25.3 Å². The Morgan fingerprint density at radius 2 is 1.85 bits per heavy atom. The molecule has 0 radical (unpaired) electrons.